The Morgan fingerprint density at radius 3 is 2.06 bits per heavy atom. The number of ketones is 2. The third kappa shape index (κ3) is 7.05. The van der Waals surface area contributed by atoms with E-state index in [9.17, 15) is 19.7 Å². The van der Waals surface area contributed by atoms with Gasteiger partial charge in [0.2, 0.25) is 0 Å². The van der Waals surface area contributed by atoms with Gasteiger partial charge in [-0.1, -0.05) is 39.8 Å². The van der Waals surface area contributed by atoms with Crippen LogP contribution in [0.4, 0.5) is 5.69 Å². The van der Waals surface area contributed by atoms with Crippen molar-refractivity contribution in [1.82, 2.24) is 4.90 Å². The van der Waals surface area contributed by atoms with E-state index in [0.717, 1.165) is 28.1 Å². The van der Waals surface area contributed by atoms with Gasteiger partial charge in [-0.25, -0.2) is 0 Å². The molecule has 5 rings (SSSR count). The second kappa shape index (κ2) is 13.5. The van der Waals surface area contributed by atoms with E-state index in [1.54, 1.807) is 25.3 Å². The molecule has 0 bridgehead atoms. The molecule has 0 N–H and O–H groups in total. The van der Waals surface area contributed by atoms with Crippen molar-refractivity contribution >= 4 is 17.3 Å². The summed E-state index contributed by atoms with van der Waals surface area (Å²) >= 11 is 0. The lowest BCUT2D eigenvalue weighted by Gasteiger charge is -2.49. The lowest BCUT2D eigenvalue weighted by atomic mass is 9.63. The number of allylic oxidation sites excluding steroid dienone is 5. The lowest BCUT2D eigenvalue weighted by molar-refractivity contribution is -0.384. The van der Waals surface area contributed by atoms with Crippen LogP contribution in [0, 0.1) is 20.9 Å². The molecule has 2 aliphatic carbocycles. The largest absolute Gasteiger partial charge is 0.490 e. The van der Waals surface area contributed by atoms with Gasteiger partial charge in [-0.3, -0.25) is 19.7 Å². The normalized spacial score (nSPS) is 19.0. The van der Waals surface area contributed by atoms with Crippen LogP contribution in [0.15, 0.2) is 71.6 Å². The first-order chi connectivity index (χ1) is 22.3. The Morgan fingerprint density at radius 1 is 0.957 bits per heavy atom. The lowest BCUT2D eigenvalue weighted by Crippen LogP contribution is -2.45. The van der Waals surface area contributed by atoms with Gasteiger partial charge in [0, 0.05) is 72.7 Å². The first kappa shape index (κ1) is 34.1. The van der Waals surface area contributed by atoms with Crippen molar-refractivity contribution in [3.8, 4) is 11.5 Å². The number of nitro groups is 1. The Labute approximate surface area is 277 Å². The quantitative estimate of drug-likeness (QED) is 0.132. The van der Waals surface area contributed by atoms with Gasteiger partial charge in [0.25, 0.3) is 5.69 Å². The van der Waals surface area contributed by atoms with Gasteiger partial charge in [-0.05, 0) is 66.3 Å². The molecule has 9 heteroatoms. The Bertz CT molecular complexity index is 1590. The number of nitro benzene ring substituents is 1. The summed E-state index contributed by atoms with van der Waals surface area (Å²) in [6, 6.07) is 10.2. The van der Waals surface area contributed by atoms with Gasteiger partial charge in [0.1, 0.15) is 6.61 Å². The number of carbonyl (C=O) groups excluding carboxylic acids is 2. The molecule has 9 nitrogen and oxygen atoms in total. The fraction of sp³-hybridized carbons (Fsp3) is 0.474. The molecule has 2 aromatic carbocycles. The van der Waals surface area contributed by atoms with Crippen molar-refractivity contribution in [1.29, 1.82) is 0 Å². The third-order valence-corrected chi connectivity index (χ3v) is 9.22. The van der Waals surface area contributed by atoms with Crippen molar-refractivity contribution in [2.75, 3.05) is 26.9 Å². The minimum atomic E-state index is -0.530. The number of rotatable bonds is 12. The predicted molar refractivity (Wildman–Crippen MR) is 180 cm³/mol. The van der Waals surface area contributed by atoms with Crippen LogP contribution in [0.3, 0.4) is 0 Å². The standard InChI is InChI=1S/C38H46N2O7/c1-8-10-25-17-26(18-32(46-9-2)36(25)47-23-24-11-13-27(14-12-24)40(43)44)33-34-28(19-37(3,4)21-30(34)41)39(15-16-45-7)29-20-38(5,6)22-31(42)35(29)33/h8,11-14,17-18,33H,1,9-10,15-16,19-23H2,2-7H3. The van der Waals surface area contributed by atoms with E-state index in [1.807, 2.05) is 19.1 Å². The van der Waals surface area contributed by atoms with Crippen LogP contribution in [0.2, 0.25) is 0 Å². The first-order valence-electron chi connectivity index (χ1n) is 16.3. The van der Waals surface area contributed by atoms with Crippen LogP contribution in [-0.4, -0.2) is 48.3 Å². The number of Topliss-reactive ketones (excluding diaryl/α,β-unsaturated/α-hetero) is 2. The van der Waals surface area contributed by atoms with Gasteiger partial charge in [-0.15, -0.1) is 6.58 Å². The maximum Gasteiger partial charge on any atom is 0.269 e. The molecule has 0 spiro atoms. The summed E-state index contributed by atoms with van der Waals surface area (Å²) in [5, 5.41) is 11.1. The molecule has 3 aliphatic rings. The minimum Gasteiger partial charge on any atom is -0.490 e. The number of hydrogen-bond donors (Lipinski definition) is 0. The SMILES string of the molecule is C=CCc1cc(C2C3=C(CC(C)(C)CC3=O)N(CCOC)C3=C2C(=O)CC(C)(C)C3)cc(OCC)c1OCc1ccc([N+](=O)[O-])cc1. The molecule has 0 amide bonds. The summed E-state index contributed by atoms with van der Waals surface area (Å²) < 4.78 is 18.1. The van der Waals surface area contributed by atoms with Gasteiger partial charge < -0.3 is 19.1 Å². The smallest absolute Gasteiger partial charge is 0.269 e. The molecular weight excluding hydrogens is 596 g/mol. The average Bonchev–Trinajstić information content (AvgIpc) is 2.98. The van der Waals surface area contributed by atoms with E-state index in [0.29, 0.717) is 74.5 Å². The van der Waals surface area contributed by atoms with Crippen LogP contribution in [-0.2, 0) is 27.4 Å². The second-order valence-corrected chi connectivity index (χ2v) is 14.3. The van der Waals surface area contributed by atoms with Crippen LogP contribution in [0.25, 0.3) is 0 Å². The average molecular weight is 643 g/mol. The Morgan fingerprint density at radius 2 is 1.55 bits per heavy atom. The molecule has 1 heterocycles. The highest BCUT2D eigenvalue weighted by Gasteiger charge is 2.49. The highest BCUT2D eigenvalue weighted by molar-refractivity contribution is 6.06. The fourth-order valence-electron chi connectivity index (χ4n) is 7.29. The van der Waals surface area contributed by atoms with Crippen molar-refractivity contribution < 1.29 is 28.7 Å². The molecule has 47 heavy (non-hydrogen) atoms. The molecule has 1 aliphatic heterocycles. The number of non-ortho nitro benzene ring substituents is 1. The van der Waals surface area contributed by atoms with Gasteiger partial charge in [0.15, 0.2) is 23.1 Å². The molecule has 0 unspecified atom stereocenters. The first-order valence-corrected chi connectivity index (χ1v) is 16.3. The Kier molecular flexibility index (Phi) is 9.78. The second-order valence-electron chi connectivity index (χ2n) is 14.3. The van der Waals surface area contributed by atoms with E-state index < -0.39 is 10.8 Å². The zero-order chi connectivity index (χ0) is 34.1. The van der Waals surface area contributed by atoms with Gasteiger partial charge >= 0.3 is 0 Å². The number of benzene rings is 2. The molecule has 2 aromatic rings. The van der Waals surface area contributed by atoms with Crippen LogP contribution < -0.4 is 9.47 Å². The molecule has 250 valence electrons. The summed E-state index contributed by atoms with van der Waals surface area (Å²) in [6.07, 6.45) is 4.49. The summed E-state index contributed by atoms with van der Waals surface area (Å²) in [6.45, 7) is 16.0. The molecule has 0 atom stereocenters. The zero-order valence-corrected chi connectivity index (χ0v) is 28.4. The third-order valence-electron chi connectivity index (χ3n) is 9.22. The predicted octanol–water partition coefficient (Wildman–Crippen LogP) is 7.63. The Balaban J connectivity index is 1.67. The topological polar surface area (TPSA) is 108 Å². The van der Waals surface area contributed by atoms with Crippen molar-refractivity contribution in [2.24, 2.45) is 10.8 Å². The maximum atomic E-state index is 14.2. The zero-order valence-electron chi connectivity index (χ0n) is 28.4. The number of nitrogens with zero attached hydrogens (tertiary/aromatic N) is 2. The monoisotopic (exact) mass is 642 g/mol. The molecule has 0 saturated heterocycles. The van der Waals surface area contributed by atoms with E-state index in [2.05, 4.69) is 39.2 Å². The van der Waals surface area contributed by atoms with Crippen LogP contribution in [0.1, 0.15) is 82.9 Å². The highest BCUT2D eigenvalue weighted by atomic mass is 16.6. The van der Waals surface area contributed by atoms with E-state index >= 15 is 0 Å². The number of carbonyl (C=O) groups is 2. The summed E-state index contributed by atoms with van der Waals surface area (Å²) in [5.74, 6) is 0.658. The number of hydrogen-bond acceptors (Lipinski definition) is 8. The minimum absolute atomic E-state index is 0.0114. The highest BCUT2D eigenvalue weighted by Crippen LogP contribution is 2.55. The van der Waals surface area contributed by atoms with E-state index in [4.69, 9.17) is 14.2 Å². The molecule has 0 aromatic heterocycles. The van der Waals surface area contributed by atoms with Crippen molar-refractivity contribution in [3.05, 3.63) is 98.4 Å². The molecule has 0 saturated carbocycles. The summed E-state index contributed by atoms with van der Waals surface area (Å²) in [7, 11) is 1.67. The summed E-state index contributed by atoms with van der Waals surface area (Å²) in [5.41, 5.74) is 5.33. The number of methoxy groups -OCH3 is 1. The van der Waals surface area contributed by atoms with Crippen LogP contribution in [0.5, 0.6) is 11.5 Å². The molecule has 0 fully saturated rings. The number of ether oxygens (including phenoxy) is 3. The van der Waals surface area contributed by atoms with E-state index in [1.165, 1.54) is 12.1 Å². The maximum absolute atomic E-state index is 14.2. The van der Waals surface area contributed by atoms with Gasteiger partial charge in [0.05, 0.1) is 18.1 Å². The van der Waals surface area contributed by atoms with Gasteiger partial charge in [-0.2, -0.15) is 0 Å². The van der Waals surface area contributed by atoms with Crippen molar-refractivity contribution in [2.45, 2.75) is 79.2 Å². The van der Waals surface area contributed by atoms with Crippen LogP contribution >= 0.6 is 0 Å². The molecule has 0 radical (unpaired) electrons. The fourth-order valence-corrected chi connectivity index (χ4v) is 7.29. The summed E-state index contributed by atoms with van der Waals surface area (Å²) in [4.78, 5) is 41.3. The van der Waals surface area contributed by atoms with E-state index in [-0.39, 0.29) is 34.7 Å². The van der Waals surface area contributed by atoms with Crippen molar-refractivity contribution in [3.63, 3.8) is 0 Å². The Hall–Kier alpha value is -4.24. The molecular formula is C38H46N2O7.